The largest absolute Gasteiger partial charge is 0.465 e. The van der Waals surface area contributed by atoms with Crippen molar-refractivity contribution < 1.29 is 14.3 Å². The number of hydrogen-bond donors (Lipinski definition) is 0. The van der Waals surface area contributed by atoms with Gasteiger partial charge in [0.2, 0.25) is 0 Å². The number of morpholine rings is 1. The van der Waals surface area contributed by atoms with Gasteiger partial charge < -0.3 is 9.47 Å². The maximum absolute atomic E-state index is 13.4. The highest BCUT2D eigenvalue weighted by Gasteiger charge is 2.17. The highest BCUT2D eigenvalue weighted by Crippen LogP contribution is 2.26. The van der Waals surface area contributed by atoms with Crippen molar-refractivity contribution in [2.24, 2.45) is 0 Å². The van der Waals surface area contributed by atoms with Gasteiger partial charge in [0, 0.05) is 37.0 Å². The zero-order valence-corrected chi connectivity index (χ0v) is 19.3. The van der Waals surface area contributed by atoms with Crippen LogP contribution < -0.4 is 5.56 Å². The summed E-state index contributed by atoms with van der Waals surface area (Å²) in [5.41, 5.74) is 1.68. The SMILES string of the molecule is COC(=O)c1ccc2c(=O)n(CCN3CCOCC3)c(SCc3ccccc3Cl)nc2c1. The lowest BCUT2D eigenvalue weighted by Gasteiger charge is -2.27. The van der Waals surface area contributed by atoms with E-state index in [0.29, 0.717) is 52.2 Å². The van der Waals surface area contributed by atoms with Gasteiger partial charge >= 0.3 is 5.97 Å². The Morgan fingerprint density at radius 1 is 1.19 bits per heavy atom. The predicted octanol–water partition coefficient (Wildman–Crippen LogP) is 3.46. The lowest BCUT2D eigenvalue weighted by Crippen LogP contribution is -2.39. The van der Waals surface area contributed by atoms with E-state index in [0.717, 1.165) is 25.2 Å². The van der Waals surface area contributed by atoms with Crippen molar-refractivity contribution >= 4 is 40.2 Å². The second kappa shape index (κ2) is 10.5. The lowest BCUT2D eigenvalue weighted by molar-refractivity contribution is 0.0359. The molecule has 0 spiro atoms. The molecule has 9 heteroatoms. The van der Waals surface area contributed by atoms with E-state index in [1.54, 1.807) is 22.8 Å². The molecule has 0 aliphatic carbocycles. The average molecular weight is 474 g/mol. The smallest absolute Gasteiger partial charge is 0.337 e. The number of hydrogen-bond acceptors (Lipinski definition) is 7. The van der Waals surface area contributed by atoms with Crippen LogP contribution in [0.15, 0.2) is 52.4 Å². The fraction of sp³-hybridized carbons (Fsp3) is 0.348. The number of rotatable bonds is 7. The fourth-order valence-corrected chi connectivity index (χ4v) is 4.89. The molecule has 0 atom stereocenters. The monoisotopic (exact) mass is 473 g/mol. The molecule has 0 unspecified atom stereocenters. The van der Waals surface area contributed by atoms with E-state index in [4.69, 9.17) is 26.1 Å². The van der Waals surface area contributed by atoms with E-state index in [2.05, 4.69) is 4.90 Å². The van der Waals surface area contributed by atoms with Gasteiger partial charge in [-0.3, -0.25) is 14.3 Å². The van der Waals surface area contributed by atoms with Crippen LogP contribution >= 0.6 is 23.4 Å². The highest BCUT2D eigenvalue weighted by molar-refractivity contribution is 7.98. The molecule has 168 valence electrons. The minimum atomic E-state index is -0.463. The van der Waals surface area contributed by atoms with E-state index in [9.17, 15) is 9.59 Å². The number of nitrogens with zero attached hydrogens (tertiary/aromatic N) is 3. The Kier molecular flexibility index (Phi) is 7.47. The number of fused-ring (bicyclic) bond motifs is 1. The van der Waals surface area contributed by atoms with Gasteiger partial charge in [0.25, 0.3) is 5.56 Å². The Hall–Kier alpha value is -2.39. The van der Waals surface area contributed by atoms with Crippen molar-refractivity contribution in [3.63, 3.8) is 0 Å². The fourth-order valence-electron chi connectivity index (χ4n) is 3.58. The van der Waals surface area contributed by atoms with Gasteiger partial charge in [-0.05, 0) is 29.8 Å². The molecule has 0 bridgehead atoms. The van der Waals surface area contributed by atoms with Crippen molar-refractivity contribution in [1.29, 1.82) is 0 Å². The first kappa shape index (κ1) is 22.8. The Balaban J connectivity index is 1.69. The van der Waals surface area contributed by atoms with Crippen LogP contribution in [0.3, 0.4) is 0 Å². The molecule has 0 N–H and O–H groups in total. The number of aromatic nitrogens is 2. The summed E-state index contributed by atoms with van der Waals surface area (Å²) in [4.78, 5) is 32.4. The summed E-state index contributed by atoms with van der Waals surface area (Å²) in [7, 11) is 1.33. The van der Waals surface area contributed by atoms with E-state index in [-0.39, 0.29) is 5.56 Å². The van der Waals surface area contributed by atoms with Crippen LogP contribution in [-0.4, -0.2) is 60.4 Å². The van der Waals surface area contributed by atoms with Crippen LogP contribution in [0, 0.1) is 0 Å². The molecule has 1 aliphatic heterocycles. The molecule has 2 aromatic carbocycles. The Morgan fingerprint density at radius 2 is 1.97 bits per heavy atom. The van der Waals surface area contributed by atoms with E-state index < -0.39 is 5.97 Å². The van der Waals surface area contributed by atoms with Crippen LogP contribution in [0.1, 0.15) is 15.9 Å². The van der Waals surface area contributed by atoms with Gasteiger partial charge in [-0.15, -0.1) is 0 Å². The summed E-state index contributed by atoms with van der Waals surface area (Å²) in [6.45, 7) is 4.35. The van der Waals surface area contributed by atoms with Crippen LogP contribution in [0.4, 0.5) is 0 Å². The predicted molar refractivity (Wildman–Crippen MR) is 126 cm³/mol. The Labute approximate surface area is 195 Å². The second-order valence-electron chi connectivity index (χ2n) is 7.41. The molecular weight excluding hydrogens is 450 g/mol. The first-order valence-corrected chi connectivity index (χ1v) is 11.7. The standard InChI is InChI=1S/C23H24ClN3O4S/c1-30-22(29)16-6-7-18-20(14-16)25-23(32-15-17-4-2-3-5-19(17)24)27(21(18)28)9-8-26-10-12-31-13-11-26/h2-7,14H,8-13,15H2,1H3. The third-order valence-electron chi connectivity index (χ3n) is 5.40. The minimum absolute atomic E-state index is 0.124. The van der Waals surface area contributed by atoms with Gasteiger partial charge in [0.15, 0.2) is 5.16 Å². The summed E-state index contributed by atoms with van der Waals surface area (Å²) < 4.78 is 11.9. The summed E-state index contributed by atoms with van der Waals surface area (Å²) in [6.07, 6.45) is 0. The molecule has 32 heavy (non-hydrogen) atoms. The molecule has 1 aromatic heterocycles. The minimum Gasteiger partial charge on any atom is -0.465 e. The summed E-state index contributed by atoms with van der Waals surface area (Å²) in [5.74, 6) is 0.113. The van der Waals surface area contributed by atoms with E-state index in [1.807, 2.05) is 24.3 Å². The van der Waals surface area contributed by atoms with Crippen molar-refractivity contribution in [2.75, 3.05) is 40.0 Å². The number of ether oxygens (including phenoxy) is 2. The first-order chi connectivity index (χ1) is 15.6. The van der Waals surface area contributed by atoms with Crippen LogP contribution in [0.25, 0.3) is 10.9 Å². The molecule has 0 saturated carbocycles. The van der Waals surface area contributed by atoms with Crippen molar-refractivity contribution in [3.05, 3.63) is 69.0 Å². The van der Waals surface area contributed by atoms with Gasteiger partial charge in [0.05, 0.1) is 36.8 Å². The Bertz CT molecular complexity index is 1180. The molecule has 1 saturated heterocycles. The topological polar surface area (TPSA) is 73.7 Å². The third kappa shape index (κ3) is 5.15. The number of methoxy groups -OCH3 is 1. The molecule has 1 aliphatic rings. The lowest BCUT2D eigenvalue weighted by atomic mass is 10.1. The summed E-state index contributed by atoms with van der Waals surface area (Å²) in [6, 6.07) is 12.5. The maximum atomic E-state index is 13.4. The van der Waals surface area contributed by atoms with E-state index >= 15 is 0 Å². The average Bonchev–Trinajstić information content (AvgIpc) is 2.83. The summed E-state index contributed by atoms with van der Waals surface area (Å²) >= 11 is 7.78. The third-order valence-corrected chi connectivity index (χ3v) is 6.79. The molecule has 4 rings (SSSR count). The number of carbonyl (C=O) groups excluding carboxylic acids is 1. The van der Waals surface area contributed by atoms with Crippen molar-refractivity contribution in [2.45, 2.75) is 17.5 Å². The Morgan fingerprint density at radius 3 is 2.72 bits per heavy atom. The highest BCUT2D eigenvalue weighted by atomic mass is 35.5. The van der Waals surface area contributed by atoms with Gasteiger partial charge in [-0.1, -0.05) is 41.6 Å². The van der Waals surface area contributed by atoms with Gasteiger partial charge in [-0.2, -0.15) is 0 Å². The van der Waals surface area contributed by atoms with Crippen molar-refractivity contribution in [3.8, 4) is 0 Å². The maximum Gasteiger partial charge on any atom is 0.337 e. The normalized spacial score (nSPS) is 14.6. The van der Waals surface area contributed by atoms with Gasteiger partial charge in [-0.25, -0.2) is 9.78 Å². The van der Waals surface area contributed by atoms with Gasteiger partial charge in [0.1, 0.15) is 0 Å². The van der Waals surface area contributed by atoms with Crippen molar-refractivity contribution in [1.82, 2.24) is 14.5 Å². The van der Waals surface area contributed by atoms with Crippen LogP contribution in [0.2, 0.25) is 5.02 Å². The molecular formula is C23H24ClN3O4S. The number of esters is 1. The van der Waals surface area contributed by atoms with Crippen LogP contribution in [0.5, 0.6) is 0 Å². The second-order valence-corrected chi connectivity index (χ2v) is 8.76. The zero-order valence-electron chi connectivity index (χ0n) is 17.8. The number of benzene rings is 2. The first-order valence-electron chi connectivity index (χ1n) is 10.4. The zero-order chi connectivity index (χ0) is 22.5. The van der Waals surface area contributed by atoms with Crippen LogP contribution in [-0.2, 0) is 21.8 Å². The molecule has 2 heterocycles. The molecule has 7 nitrogen and oxygen atoms in total. The number of halogens is 1. The molecule has 1 fully saturated rings. The molecule has 0 radical (unpaired) electrons. The quantitative estimate of drug-likeness (QED) is 0.295. The number of carbonyl (C=O) groups is 1. The summed E-state index contributed by atoms with van der Waals surface area (Å²) in [5, 5.41) is 1.75. The van der Waals surface area contributed by atoms with E-state index in [1.165, 1.54) is 18.9 Å². The number of thioether (sulfide) groups is 1. The molecule has 3 aromatic rings. The molecule has 0 amide bonds.